The van der Waals surface area contributed by atoms with Crippen LogP contribution in [0.1, 0.15) is 37.4 Å². The smallest absolute Gasteiger partial charge is 0.224 e. The van der Waals surface area contributed by atoms with Crippen molar-refractivity contribution in [3.05, 3.63) is 53.6 Å². The van der Waals surface area contributed by atoms with Crippen LogP contribution in [-0.2, 0) is 16.0 Å². The average molecular weight is 415 g/mol. The summed E-state index contributed by atoms with van der Waals surface area (Å²) in [7, 11) is 3.23. The van der Waals surface area contributed by atoms with Gasteiger partial charge >= 0.3 is 0 Å². The Bertz CT molecular complexity index is 868. The number of methoxy groups -OCH3 is 1. The first kappa shape index (κ1) is 23.1. The molecule has 1 unspecified atom stereocenters. The number of benzene rings is 2. The van der Waals surface area contributed by atoms with E-state index < -0.39 is 6.04 Å². The minimum atomic E-state index is -0.478. The number of rotatable bonds is 10. The van der Waals surface area contributed by atoms with Gasteiger partial charge in [0, 0.05) is 26.1 Å². The minimum absolute atomic E-state index is 0.0804. The summed E-state index contributed by atoms with van der Waals surface area (Å²) in [6.07, 6.45) is 0.734. The minimum Gasteiger partial charge on any atom is -0.504 e. The molecule has 0 saturated carbocycles. The van der Waals surface area contributed by atoms with E-state index in [1.165, 1.54) is 14.0 Å². The van der Waals surface area contributed by atoms with E-state index in [1.54, 1.807) is 30.1 Å². The van der Waals surface area contributed by atoms with Crippen molar-refractivity contribution in [1.29, 1.82) is 0 Å². The summed E-state index contributed by atoms with van der Waals surface area (Å²) >= 11 is 0. The Morgan fingerprint density at radius 3 is 2.57 bits per heavy atom. The van der Waals surface area contributed by atoms with Crippen molar-refractivity contribution in [2.45, 2.75) is 32.7 Å². The number of carbonyl (C=O) groups is 2. The van der Waals surface area contributed by atoms with Crippen molar-refractivity contribution in [2.75, 3.05) is 27.3 Å². The molecule has 0 saturated heterocycles. The number of nitrogens with one attached hydrogen (secondary N) is 1. The number of likely N-dealkylation sites (N-methyl/N-ethyl adjacent to an activating group) is 1. The van der Waals surface area contributed by atoms with Gasteiger partial charge in [0.25, 0.3) is 0 Å². The highest BCUT2D eigenvalue weighted by Gasteiger charge is 2.22. The maximum absolute atomic E-state index is 12.8. The molecule has 0 radical (unpaired) electrons. The first-order valence-corrected chi connectivity index (χ1v) is 9.94. The molecule has 0 spiro atoms. The third kappa shape index (κ3) is 6.40. The van der Waals surface area contributed by atoms with E-state index in [1.807, 2.05) is 31.2 Å². The fraction of sp³-hybridized carbons (Fsp3) is 0.391. The van der Waals surface area contributed by atoms with Crippen molar-refractivity contribution in [2.24, 2.45) is 0 Å². The number of ether oxygens (including phenoxy) is 2. The second-order valence-corrected chi connectivity index (χ2v) is 7.00. The summed E-state index contributed by atoms with van der Waals surface area (Å²) in [5.41, 5.74) is 1.73. The zero-order valence-corrected chi connectivity index (χ0v) is 18.0. The number of para-hydroxylation sites is 1. The van der Waals surface area contributed by atoms with Crippen molar-refractivity contribution in [3.8, 4) is 17.2 Å². The van der Waals surface area contributed by atoms with Gasteiger partial charge in [-0.05, 0) is 37.1 Å². The van der Waals surface area contributed by atoms with Crippen LogP contribution < -0.4 is 14.8 Å². The van der Waals surface area contributed by atoms with E-state index in [-0.39, 0.29) is 24.0 Å². The van der Waals surface area contributed by atoms with Crippen LogP contribution in [-0.4, -0.2) is 49.1 Å². The van der Waals surface area contributed by atoms with Crippen LogP contribution in [0.5, 0.6) is 17.2 Å². The van der Waals surface area contributed by atoms with Crippen LogP contribution in [0.4, 0.5) is 0 Å². The lowest BCUT2D eigenvalue weighted by atomic mass is 10.0. The van der Waals surface area contributed by atoms with E-state index in [0.29, 0.717) is 31.1 Å². The normalized spacial score (nSPS) is 11.5. The van der Waals surface area contributed by atoms with E-state index in [0.717, 1.165) is 11.1 Å². The van der Waals surface area contributed by atoms with Gasteiger partial charge in [0.05, 0.1) is 26.2 Å². The number of carbonyl (C=O) groups excluding carboxylic acids is 2. The van der Waals surface area contributed by atoms with Crippen LogP contribution in [0.15, 0.2) is 42.5 Å². The molecule has 2 aromatic rings. The number of hydrogen-bond acceptors (Lipinski definition) is 5. The molecule has 162 valence electrons. The molecule has 0 aliphatic heterocycles. The molecule has 2 aromatic carbocycles. The summed E-state index contributed by atoms with van der Waals surface area (Å²) in [6, 6.07) is 12.1. The molecule has 2 N–H and O–H groups in total. The molecule has 7 nitrogen and oxygen atoms in total. The van der Waals surface area contributed by atoms with Gasteiger partial charge in [-0.2, -0.15) is 0 Å². The Morgan fingerprint density at radius 2 is 1.90 bits per heavy atom. The summed E-state index contributed by atoms with van der Waals surface area (Å²) in [5.74, 6) is 0.839. The zero-order chi connectivity index (χ0) is 22.1. The monoisotopic (exact) mass is 414 g/mol. The summed E-state index contributed by atoms with van der Waals surface area (Å²) < 4.78 is 10.8. The molecule has 2 amide bonds. The predicted octanol–water partition coefficient (Wildman–Crippen LogP) is 3.07. The molecule has 30 heavy (non-hydrogen) atoms. The van der Waals surface area contributed by atoms with Crippen molar-refractivity contribution in [3.63, 3.8) is 0 Å². The highest BCUT2D eigenvalue weighted by atomic mass is 16.5. The van der Waals surface area contributed by atoms with Gasteiger partial charge < -0.3 is 24.8 Å². The van der Waals surface area contributed by atoms with Gasteiger partial charge in [-0.25, -0.2) is 0 Å². The Hall–Kier alpha value is -3.22. The van der Waals surface area contributed by atoms with E-state index in [9.17, 15) is 14.7 Å². The molecule has 0 aliphatic carbocycles. The number of amides is 2. The molecule has 0 aromatic heterocycles. The van der Waals surface area contributed by atoms with Crippen LogP contribution in [0.3, 0.4) is 0 Å². The third-order valence-corrected chi connectivity index (χ3v) is 4.76. The quantitative estimate of drug-likeness (QED) is 0.624. The van der Waals surface area contributed by atoms with E-state index in [2.05, 4.69) is 5.32 Å². The third-order valence-electron chi connectivity index (χ3n) is 4.76. The lowest BCUT2D eigenvalue weighted by molar-refractivity contribution is -0.130. The van der Waals surface area contributed by atoms with Crippen LogP contribution >= 0.6 is 0 Å². The second kappa shape index (κ2) is 11.1. The molecule has 1 atom stereocenters. The van der Waals surface area contributed by atoms with Gasteiger partial charge in [-0.3, -0.25) is 9.59 Å². The van der Waals surface area contributed by atoms with Gasteiger partial charge in [0.2, 0.25) is 11.8 Å². The zero-order valence-electron chi connectivity index (χ0n) is 18.0. The number of aromatic hydroxyl groups is 1. The van der Waals surface area contributed by atoms with E-state index >= 15 is 0 Å². The summed E-state index contributed by atoms with van der Waals surface area (Å²) in [4.78, 5) is 26.2. The maximum atomic E-state index is 12.8. The lowest BCUT2D eigenvalue weighted by Crippen LogP contribution is -2.35. The lowest BCUT2D eigenvalue weighted by Gasteiger charge is -2.24. The Balaban J connectivity index is 2.07. The van der Waals surface area contributed by atoms with Gasteiger partial charge in [0.15, 0.2) is 11.5 Å². The highest BCUT2D eigenvalue weighted by Crippen LogP contribution is 2.28. The van der Waals surface area contributed by atoms with Crippen molar-refractivity contribution >= 4 is 11.8 Å². The first-order chi connectivity index (χ1) is 14.3. The fourth-order valence-corrected chi connectivity index (χ4v) is 3.17. The largest absolute Gasteiger partial charge is 0.504 e. The number of phenols is 1. The van der Waals surface area contributed by atoms with Crippen LogP contribution in [0.25, 0.3) is 0 Å². The highest BCUT2D eigenvalue weighted by molar-refractivity contribution is 5.79. The molecule has 0 fully saturated rings. The Morgan fingerprint density at radius 1 is 1.17 bits per heavy atom. The molecule has 0 aliphatic rings. The first-order valence-electron chi connectivity index (χ1n) is 9.94. The van der Waals surface area contributed by atoms with Crippen molar-refractivity contribution < 1.29 is 24.2 Å². The summed E-state index contributed by atoms with van der Waals surface area (Å²) in [5, 5.41) is 12.6. The SMILES string of the molecule is CCOc1ccccc1C(CC(=O)N(C)CCc1ccc(O)c(OC)c1)NC(C)=O. The number of nitrogens with zero attached hydrogens (tertiary/aromatic N) is 1. The van der Waals surface area contributed by atoms with Gasteiger partial charge in [-0.15, -0.1) is 0 Å². The van der Waals surface area contributed by atoms with E-state index in [4.69, 9.17) is 9.47 Å². The second-order valence-electron chi connectivity index (χ2n) is 7.00. The Labute approximate surface area is 177 Å². The molecular weight excluding hydrogens is 384 g/mol. The standard InChI is InChI=1S/C23H30N2O5/c1-5-30-21-9-7-6-8-18(21)19(24-16(2)26)15-23(28)25(3)13-12-17-10-11-20(27)22(14-17)29-4/h6-11,14,19,27H,5,12-13,15H2,1-4H3,(H,24,26). The molecule has 7 heteroatoms. The van der Waals surface area contributed by atoms with Crippen LogP contribution in [0.2, 0.25) is 0 Å². The molecule has 0 heterocycles. The van der Waals surface area contributed by atoms with Gasteiger partial charge in [0.1, 0.15) is 5.75 Å². The molecule has 2 rings (SSSR count). The van der Waals surface area contributed by atoms with Gasteiger partial charge in [-0.1, -0.05) is 24.3 Å². The number of hydrogen-bond donors (Lipinski definition) is 2. The predicted molar refractivity (Wildman–Crippen MR) is 115 cm³/mol. The molecular formula is C23H30N2O5. The fourth-order valence-electron chi connectivity index (χ4n) is 3.17. The van der Waals surface area contributed by atoms with Crippen molar-refractivity contribution in [1.82, 2.24) is 10.2 Å². The number of phenolic OH excluding ortho intramolecular Hbond substituents is 1. The Kier molecular flexibility index (Phi) is 8.53. The summed E-state index contributed by atoms with van der Waals surface area (Å²) in [6.45, 7) is 4.31. The average Bonchev–Trinajstić information content (AvgIpc) is 2.72. The molecule has 0 bridgehead atoms. The maximum Gasteiger partial charge on any atom is 0.224 e. The van der Waals surface area contributed by atoms with Crippen LogP contribution in [0, 0.1) is 0 Å². The topological polar surface area (TPSA) is 88.1 Å².